The zero-order chi connectivity index (χ0) is 17.6. The molecule has 24 heavy (non-hydrogen) atoms. The highest BCUT2D eigenvalue weighted by atomic mass is 32.2. The predicted molar refractivity (Wildman–Crippen MR) is 93.5 cm³/mol. The van der Waals surface area contributed by atoms with Gasteiger partial charge in [-0.1, -0.05) is 0 Å². The highest BCUT2D eigenvalue weighted by molar-refractivity contribution is 7.99. The smallest absolute Gasteiger partial charge is 0.325 e. The first kappa shape index (κ1) is 17.1. The summed E-state index contributed by atoms with van der Waals surface area (Å²) in [6.07, 6.45) is 0.634. The highest BCUT2D eigenvalue weighted by Gasteiger charge is 2.53. The zero-order valence-electron chi connectivity index (χ0n) is 14.5. The third kappa shape index (κ3) is 2.55. The van der Waals surface area contributed by atoms with Crippen molar-refractivity contribution in [1.82, 2.24) is 14.8 Å². The number of imide groups is 1. The van der Waals surface area contributed by atoms with Crippen LogP contribution in [0.3, 0.4) is 0 Å². The van der Waals surface area contributed by atoms with Gasteiger partial charge in [-0.3, -0.25) is 14.5 Å². The lowest BCUT2D eigenvalue weighted by Gasteiger charge is -2.19. The van der Waals surface area contributed by atoms with Crippen molar-refractivity contribution in [2.24, 2.45) is 0 Å². The molecule has 0 radical (unpaired) electrons. The van der Waals surface area contributed by atoms with Crippen LogP contribution in [-0.2, 0) is 4.79 Å². The second kappa shape index (κ2) is 5.95. The van der Waals surface area contributed by atoms with Crippen LogP contribution in [0.25, 0.3) is 0 Å². The summed E-state index contributed by atoms with van der Waals surface area (Å²) in [5.74, 6) is 0.984. The van der Waals surface area contributed by atoms with Gasteiger partial charge in [-0.25, -0.2) is 4.79 Å². The number of hydrogen-bond donors (Lipinski definition) is 1. The number of amides is 3. The Morgan fingerprint density at radius 1 is 1.38 bits per heavy atom. The molecule has 0 saturated carbocycles. The Kier molecular flexibility index (Phi) is 4.23. The van der Waals surface area contributed by atoms with Crippen LogP contribution in [0.5, 0.6) is 0 Å². The Morgan fingerprint density at radius 3 is 2.62 bits per heavy atom. The number of ketones is 1. The van der Waals surface area contributed by atoms with Crippen LogP contribution in [0.1, 0.15) is 48.1 Å². The van der Waals surface area contributed by atoms with E-state index in [1.807, 2.05) is 19.9 Å². The molecule has 0 aliphatic carbocycles. The van der Waals surface area contributed by atoms with Crippen LogP contribution in [0.4, 0.5) is 4.79 Å². The lowest BCUT2D eigenvalue weighted by atomic mass is 9.99. The van der Waals surface area contributed by atoms with E-state index in [1.54, 1.807) is 11.8 Å². The Balaban J connectivity index is 1.82. The van der Waals surface area contributed by atoms with Gasteiger partial charge in [-0.2, -0.15) is 11.8 Å². The summed E-state index contributed by atoms with van der Waals surface area (Å²) in [6, 6.07) is 1.65. The van der Waals surface area contributed by atoms with Crippen molar-refractivity contribution < 1.29 is 14.4 Å². The van der Waals surface area contributed by atoms with Gasteiger partial charge >= 0.3 is 6.03 Å². The van der Waals surface area contributed by atoms with E-state index >= 15 is 0 Å². The highest BCUT2D eigenvalue weighted by Crippen LogP contribution is 2.33. The molecule has 0 aromatic carbocycles. The first-order valence-electron chi connectivity index (χ1n) is 8.20. The lowest BCUT2D eigenvalue weighted by molar-refractivity contribution is -0.130. The normalized spacial score (nSPS) is 23.6. The average molecular weight is 349 g/mol. The average Bonchev–Trinajstić information content (AvgIpc) is 3.14. The second-order valence-electron chi connectivity index (χ2n) is 6.88. The standard InChI is InChI=1S/C17H23N3O3S/c1-10(2)20-11(3)7-13(12(20)4)14(21)8-19-15(22)17(18-16(19)23)5-6-24-9-17/h7,10H,5-6,8-9H2,1-4H3,(H,18,23). The molecule has 1 unspecified atom stereocenters. The summed E-state index contributed by atoms with van der Waals surface area (Å²) < 4.78 is 2.09. The number of aryl methyl sites for hydroxylation is 1. The van der Waals surface area contributed by atoms with Crippen LogP contribution >= 0.6 is 11.8 Å². The van der Waals surface area contributed by atoms with E-state index in [9.17, 15) is 14.4 Å². The first-order chi connectivity index (χ1) is 11.3. The van der Waals surface area contributed by atoms with E-state index in [-0.39, 0.29) is 24.3 Å². The number of rotatable bonds is 4. The van der Waals surface area contributed by atoms with Gasteiger partial charge in [0.25, 0.3) is 5.91 Å². The van der Waals surface area contributed by atoms with Gasteiger partial charge in [0, 0.05) is 28.7 Å². The number of nitrogens with one attached hydrogen (secondary N) is 1. The Hall–Kier alpha value is -1.76. The van der Waals surface area contributed by atoms with Crippen LogP contribution in [0.2, 0.25) is 0 Å². The summed E-state index contributed by atoms with van der Waals surface area (Å²) in [5, 5.41) is 2.79. The van der Waals surface area contributed by atoms with E-state index in [1.165, 1.54) is 0 Å². The Labute approximate surface area is 146 Å². The van der Waals surface area contributed by atoms with Gasteiger partial charge in [0.2, 0.25) is 0 Å². The number of carbonyl (C=O) groups excluding carboxylic acids is 3. The number of thioether (sulfide) groups is 1. The molecular weight excluding hydrogens is 326 g/mol. The van der Waals surface area contributed by atoms with Crippen LogP contribution < -0.4 is 5.32 Å². The summed E-state index contributed by atoms with van der Waals surface area (Å²) in [5.41, 5.74) is 1.68. The van der Waals surface area contributed by atoms with Gasteiger partial charge in [-0.05, 0) is 45.9 Å². The SMILES string of the molecule is Cc1cc(C(=O)CN2C(=O)NC3(CCSC3)C2=O)c(C)n1C(C)C. The lowest BCUT2D eigenvalue weighted by Crippen LogP contribution is -2.47. The molecule has 1 aromatic rings. The maximum absolute atomic E-state index is 12.7. The molecule has 1 N–H and O–H groups in total. The maximum atomic E-state index is 12.7. The molecule has 6 nitrogen and oxygen atoms in total. The molecular formula is C17H23N3O3S. The van der Waals surface area contributed by atoms with Gasteiger partial charge in [0.15, 0.2) is 5.78 Å². The topological polar surface area (TPSA) is 71.4 Å². The number of nitrogens with zero attached hydrogens (tertiary/aromatic N) is 2. The van der Waals surface area contributed by atoms with Crippen LogP contribution in [0.15, 0.2) is 6.07 Å². The molecule has 2 fully saturated rings. The molecule has 0 bridgehead atoms. The molecule has 1 spiro atoms. The molecule has 130 valence electrons. The fraction of sp³-hybridized carbons (Fsp3) is 0.588. The van der Waals surface area contributed by atoms with Crippen molar-refractivity contribution >= 4 is 29.5 Å². The van der Waals surface area contributed by atoms with E-state index < -0.39 is 11.6 Å². The maximum Gasteiger partial charge on any atom is 0.325 e. The van der Waals surface area contributed by atoms with Crippen LogP contribution in [-0.4, -0.2) is 50.8 Å². The molecule has 2 saturated heterocycles. The number of hydrogen-bond acceptors (Lipinski definition) is 4. The minimum absolute atomic E-state index is 0.193. The number of aromatic nitrogens is 1. The zero-order valence-corrected chi connectivity index (χ0v) is 15.3. The molecule has 2 aliphatic heterocycles. The monoisotopic (exact) mass is 349 g/mol. The molecule has 7 heteroatoms. The fourth-order valence-corrected chi connectivity index (χ4v) is 5.06. The second-order valence-corrected chi connectivity index (χ2v) is 7.98. The van der Waals surface area contributed by atoms with Crippen LogP contribution in [0, 0.1) is 13.8 Å². The molecule has 3 heterocycles. The summed E-state index contributed by atoms with van der Waals surface area (Å²) in [6.45, 7) is 7.79. The van der Waals surface area contributed by atoms with E-state index in [0.717, 1.165) is 22.0 Å². The largest absolute Gasteiger partial charge is 0.346 e. The first-order valence-corrected chi connectivity index (χ1v) is 9.36. The molecule has 3 amide bonds. The predicted octanol–water partition coefficient (Wildman–Crippen LogP) is 2.30. The number of urea groups is 1. The Morgan fingerprint density at radius 2 is 2.08 bits per heavy atom. The van der Waals surface area contributed by atoms with E-state index in [4.69, 9.17) is 0 Å². The number of Topliss-reactive ketones (excluding diaryl/α,β-unsaturated/α-hetero) is 1. The van der Waals surface area contributed by atoms with Crippen molar-refractivity contribution in [2.75, 3.05) is 18.1 Å². The van der Waals surface area contributed by atoms with Gasteiger partial charge in [0.05, 0.1) is 6.54 Å². The summed E-state index contributed by atoms with van der Waals surface area (Å²) in [7, 11) is 0. The van der Waals surface area contributed by atoms with Gasteiger partial charge in [-0.15, -0.1) is 0 Å². The molecule has 1 aromatic heterocycles. The van der Waals surface area contributed by atoms with Crippen molar-refractivity contribution in [3.8, 4) is 0 Å². The van der Waals surface area contributed by atoms with Gasteiger partial charge in [0.1, 0.15) is 5.54 Å². The minimum Gasteiger partial charge on any atom is -0.346 e. The third-order valence-corrected chi connectivity index (χ3v) is 6.06. The summed E-state index contributed by atoms with van der Waals surface area (Å²) >= 11 is 1.65. The third-order valence-electron chi connectivity index (χ3n) is 4.87. The molecule has 1 atom stereocenters. The molecule has 3 rings (SSSR count). The van der Waals surface area contributed by atoms with E-state index in [0.29, 0.717) is 17.7 Å². The van der Waals surface area contributed by atoms with E-state index in [2.05, 4.69) is 23.7 Å². The summed E-state index contributed by atoms with van der Waals surface area (Å²) in [4.78, 5) is 38.6. The van der Waals surface area contributed by atoms with Crippen molar-refractivity contribution in [2.45, 2.75) is 45.7 Å². The van der Waals surface area contributed by atoms with Gasteiger partial charge < -0.3 is 9.88 Å². The van der Waals surface area contributed by atoms with Crippen molar-refractivity contribution in [1.29, 1.82) is 0 Å². The molecule has 2 aliphatic rings. The fourth-order valence-electron chi connectivity index (χ4n) is 3.73. The minimum atomic E-state index is -0.795. The number of carbonyl (C=O) groups is 3. The van der Waals surface area contributed by atoms with Crippen molar-refractivity contribution in [3.05, 3.63) is 23.0 Å². The van der Waals surface area contributed by atoms with Crippen molar-refractivity contribution in [3.63, 3.8) is 0 Å². The quantitative estimate of drug-likeness (QED) is 0.669. The Bertz CT molecular complexity index is 717.